The Hall–Kier alpha value is -3.32. The molecular weight excluding hydrogens is 354 g/mol. The van der Waals surface area contributed by atoms with E-state index >= 15 is 0 Å². The number of carbonyl (C=O) groups is 2. The first kappa shape index (κ1) is 19.4. The summed E-state index contributed by atoms with van der Waals surface area (Å²) in [6, 6.07) is 16.7. The van der Waals surface area contributed by atoms with E-state index < -0.39 is 0 Å². The summed E-state index contributed by atoms with van der Waals surface area (Å²) >= 11 is 0. The van der Waals surface area contributed by atoms with Crippen LogP contribution >= 0.6 is 0 Å². The molecule has 1 fully saturated rings. The smallest absolute Gasteiger partial charge is 0.278 e. The average Bonchev–Trinajstić information content (AvgIpc) is 3.53. The van der Waals surface area contributed by atoms with E-state index in [1.807, 2.05) is 54.7 Å². The summed E-state index contributed by atoms with van der Waals surface area (Å²) in [5.74, 6) is -0.468. The summed E-state index contributed by atoms with van der Waals surface area (Å²) in [4.78, 5) is 24.5. The third-order valence-electron chi connectivity index (χ3n) is 4.40. The van der Waals surface area contributed by atoms with E-state index in [9.17, 15) is 9.59 Å². The predicted octanol–water partition coefficient (Wildman–Crippen LogP) is 2.31. The lowest BCUT2D eigenvalue weighted by Crippen LogP contribution is -2.75. The Morgan fingerprint density at radius 1 is 1.07 bits per heavy atom. The van der Waals surface area contributed by atoms with Gasteiger partial charge in [-0.05, 0) is 44.0 Å². The highest BCUT2D eigenvalue weighted by Gasteiger charge is 2.28. The quantitative estimate of drug-likeness (QED) is 0.321. The molecule has 0 aromatic heterocycles. The molecule has 0 radical (unpaired) electrons. The van der Waals surface area contributed by atoms with Crippen LogP contribution < -0.4 is 16.0 Å². The molecule has 144 valence electrons. The van der Waals surface area contributed by atoms with Crippen molar-refractivity contribution in [2.24, 2.45) is 5.11 Å². The SMILES string of the molecule is CCNC(=O)c1ccc([NH2+]C(=C(N=N)C(=O)NC2CC2)c2ccccc2)cc1. The van der Waals surface area contributed by atoms with E-state index in [2.05, 4.69) is 15.7 Å². The van der Waals surface area contributed by atoms with Gasteiger partial charge in [-0.1, -0.05) is 18.2 Å². The predicted molar refractivity (Wildman–Crippen MR) is 106 cm³/mol. The zero-order chi connectivity index (χ0) is 19.9. The molecule has 2 aromatic carbocycles. The fourth-order valence-electron chi connectivity index (χ4n) is 2.78. The van der Waals surface area contributed by atoms with Gasteiger partial charge in [0.1, 0.15) is 5.69 Å². The number of nitrogens with one attached hydrogen (secondary N) is 3. The van der Waals surface area contributed by atoms with Crippen LogP contribution in [-0.2, 0) is 4.79 Å². The first-order valence-corrected chi connectivity index (χ1v) is 9.33. The molecule has 1 saturated carbocycles. The van der Waals surface area contributed by atoms with E-state index in [-0.39, 0.29) is 23.6 Å². The molecule has 2 amide bonds. The van der Waals surface area contributed by atoms with Crippen molar-refractivity contribution in [2.45, 2.75) is 25.8 Å². The van der Waals surface area contributed by atoms with Crippen LogP contribution in [0, 0.1) is 5.53 Å². The van der Waals surface area contributed by atoms with Crippen molar-refractivity contribution in [2.75, 3.05) is 6.54 Å². The molecule has 2 aromatic rings. The summed E-state index contributed by atoms with van der Waals surface area (Å²) in [5, 5.41) is 11.0. The number of quaternary nitrogens is 1. The zero-order valence-corrected chi connectivity index (χ0v) is 15.7. The van der Waals surface area contributed by atoms with Crippen LogP contribution in [0.25, 0.3) is 5.70 Å². The number of amides is 2. The summed E-state index contributed by atoms with van der Waals surface area (Å²) in [6.07, 6.45) is 1.92. The van der Waals surface area contributed by atoms with Gasteiger partial charge in [-0.15, -0.1) is 5.11 Å². The molecule has 0 spiro atoms. The van der Waals surface area contributed by atoms with Gasteiger partial charge in [0.25, 0.3) is 11.8 Å². The van der Waals surface area contributed by atoms with Gasteiger partial charge >= 0.3 is 0 Å². The minimum atomic E-state index is -0.341. The van der Waals surface area contributed by atoms with Gasteiger partial charge in [0.15, 0.2) is 5.70 Å². The second-order valence-corrected chi connectivity index (χ2v) is 6.61. The van der Waals surface area contributed by atoms with Crippen molar-refractivity contribution in [3.05, 3.63) is 71.4 Å². The summed E-state index contributed by atoms with van der Waals surface area (Å²) in [6.45, 7) is 2.44. The lowest BCUT2D eigenvalue weighted by molar-refractivity contribution is -0.469. The van der Waals surface area contributed by atoms with Gasteiger partial charge in [0, 0.05) is 35.8 Å². The molecule has 0 unspecified atom stereocenters. The topological polar surface area (TPSA) is 111 Å². The zero-order valence-electron chi connectivity index (χ0n) is 15.7. The molecule has 7 nitrogen and oxygen atoms in total. The first-order chi connectivity index (χ1) is 13.6. The molecule has 1 aliphatic carbocycles. The molecule has 1 aliphatic rings. The van der Waals surface area contributed by atoms with Crippen LogP contribution in [-0.4, -0.2) is 24.4 Å². The normalized spacial score (nSPS) is 14.0. The maximum atomic E-state index is 12.6. The fraction of sp³-hybridized carbons (Fsp3) is 0.238. The Morgan fingerprint density at radius 3 is 2.32 bits per heavy atom. The molecule has 0 atom stereocenters. The van der Waals surface area contributed by atoms with E-state index in [1.165, 1.54) is 0 Å². The van der Waals surface area contributed by atoms with Crippen molar-refractivity contribution >= 4 is 23.2 Å². The highest BCUT2D eigenvalue weighted by atomic mass is 16.2. The Bertz CT molecular complexity index is 887. The second-order valence-electron chi connectivity index (χ2n) is 6.61. The van der Waals surface area contributed by atoms with Gasteiger partial charge in [-0.3, -0.25) is 14.9 Å². The Kier molecular flexibility index (Phi) is 6.29. The van der Waals surface area contributed by atoms with Crippen LogP contribution in [0.5, 0.6) is 0 Å². The maximum Gasteiger partial charge on any atom is 0.278 e. The molecule has 3 rings (SSSR count). The molecule has 0 heterocycles. The van der Waals surface area contributed by atoms with Crippen LogP contribution in [0.15, 0.2) is 65.4 Å². The van der Waals surface area contributed by atoms with E-state index in [0.717, 1.165) is 24.1 Å². The number of nitrogens with zero attached hydrogens (tertiary/aromatic N) is 1. The number of nitrogens with two attached hydrogens (primary N) is 1. The number of carbonyl (C=O) groups excluding carboxylic acids is 2. The average molecular weight is 378 g/mol. The first-order valence-electron chi connectivity index (χ1n) is 9.33. The maximum absolute atomic E-state index is 12.6. The van der Waals surface area contributed by atoms with Crippen molar-refractivity contribution in [3.63, 3.8) is 0 Å². The summed E-state index contributed by atoms with van der Waals surface area (Å²) in [7, 11) is 0. The largest absolute Gasteiger partial charge is 0.352 e. The van der Waals surface area contributed by atoms with Gasteiger partial charge < -0.3 is 10.6 Å². The van der Waals surface area contributed by atoms with E-state index in [4.69, 9.17) is 5.53 Å². The molecular formula is C21H24N5O2+. The lowest BCUT2D eigenvalue weighted by atomic mass is 10.1. The minimum absolute atomic E-state index is 0.0749. The van der Waals surface area contributed by atoms with Crippen LogP contribution in [0.3, 0.4) is 0 Å². The summed E-state index contributed by atoms with van der Waals surface area (Å²) in [5.41, 5.74) is 10.4. The fourth-order valence-corrected chi connectivity index (χ4v) is 2.78. The molecule has 7 heteroatoms. The number of hydrogen-bond acceptors (Lipinski definition) is 4. The van der Waals surface area contributed by atoms with Gasteiger partial charge in [0.05, 0.1) is 0 Å². The highest BCUT2D eigenvalue weighted by molar-refractivity contribution is 5.99. The number of rotatable bonds is 8. The van der Waals surface area contributed by atoms with Gasteiger partial charge in [0.2, 0.25) is 5.70 Å². The Labute approximate surface area is 163 Å². The molecule has 28 heavy (non-hydrogen) atoms. The van der Waals surface area contributed by atoms with Gasteiger partial charge in [-0.2, -0.15) is 0 Å². The Morgan fingerprint density at radius 2 is 1.75 bits per heavy atom. The van der Waals surface area contributed by atoms with Crippen LogP contribution in [0.4, 0.5) is 5.69 Å². The van der Waals surface area contributed by atoms with Crippen molar-refractivity contribution < 1.29 is 14.9 Å². The molecule has 0 aliphatic heterocycles. The number of hydrogen-bond donors (Lipinski definition) is 4. The van der Waals surface area contributed by atoms with Crippen molar-refractivity contribution in [1.82, 2.24) is 10.6 Å². The molecule has 0 bridgehead atoms. The molecule has 5 N–H and O–H groups in total. The Balaban J connectivity index is 1.91. The van der Waals surface area contributed by atoms with Crippen LogP contribution in [0.1, 0.15) is 35.7 Å². The number of benzene rings is 2. The van der Waals surface area contributed by atoms with E-state index in [1.54, 1.807) is 12.1 Å². The third kappa shape index (κ3) is 4.89. The van der Waals surface area contributed by atoms with Crippen molar-refractivity contribution in [3.8, 4) is 0 Å². The van der Waals surface area contributed by atoms with E-state index in [0.29, 0.717) is 17.8 Å². The minimum Gasteiger partial charge on any atom is -0.352 e. The monoisotopic (exact) mass is 378 g/mol. The standard InChI is InChI=1S/C21H23N5O2/c1-2-23-20(27)15-8-10-16(11-9-15)24-18(14-6-4-3-5-7-14)19(26-22)21(28)25-17-12-13-17/h3-11,17,22,24H,2,12-13H2,1H3,(H,23,27)(H,25,28)/p+1. The van der Waals surface area contributed by atoms with Crippen LogP contribution in [0.2, 0.25) is 0 Å². The van der Waals surface area contributed by atoms with Crippen molar-refractivity contribution in [1.29, 1.82) is 5.53 Å². The van der Waals surface area contributed by atoms with Gasteiger partial charge in [-0.25, -0.2) is 5.53 Å². The second kappa shape index (κ2) is 9.05. The summed E-state index contributed by atoms with van der Waals surface area (Å²) < 4.78 is 0. The third-order valence-corrected chi connectivity index (χ3v) is 4.40. The lowest BCUT2D eigenvalue weighted by Gasteiger charge is -2.10. The highest BCUT2D eigenvalue weighted by Crippen LogP contribution is 2.21. The molecule has 0 saturated heterocycles.